The molecule has 0 saturated carbocycles. The van der Waals surface area contributed by atoms with Crippen molar-refractivity contribution in [2.24, 2.45) is 5.92 Å². The van der Waals surface area contributed by atoms with Crippen LogP contribution < -0.4 is 0 Å². The number of aryl methyl sites for hydroxylation is 1. The fourth-order valence-corrected chi connectivity index (χ4v) is 3.13. The molecule has 5 nitrogen and oxygen atoms in total. The van der Waals surface area contributed by atoms with E-state index in [1.807, 2.05) is 35.2 Å². The van der Waals surface area contributed by atoms with Crippen molar-refractivity contribution in [2.45, 2.75) is 39.0 Å². The van der Waals surface area contributed by atoms with E-state index >= 15 is 0 Å². The van der Waals surface area contributed by atoms with Gasteiger partial charge in [0.1, 0.15) is 11.6 Å². The van der Waals surface area contributed by atoms with Crippen LogP contribution in [0.1, 0.15) is 37.0 Å². The number of H-pyrrole nitrogens is 1. The van der Waals surface area contributed by atoms with Crippen molar-refractivity contribution in [3.05, 3.63) is 47.5 Å². The first kappa shape index (κ1) is 15.7. The second-order valence-corrected chi connectivity index (χ2v) is 6.24. The molecule has 5 heteroatoms. The number of hydrogen-bond donors (Lipinski definition) is 1. The largest absolute Gasteiger partial charge is 0.342 e. The second-order valence-electron chi connectivity index (χ2n) is 6.24. The lowest BCUT2D eigenvalue weighted by Gasteiger charge is -2.31. The monoisotopic (exact) mass is 312 g/mol. The zero-order valence-corrected chi connectivity index (χ0v) is 13.7. The summed E-state index contributed by atoms with van der Waals surface area (Å²) >= 11 is 0. The molecule has 0 atom stereocenters. The van der Waals surface area contributed by atoms with Crippen LogP contribution in [-0.4, -0.2) is 39.1 Å². The minimum Gasteiger partial charge on any atom is -0.342 e. The van der Waals surface area contributed by atoms with Crippen LogP contribution in [0, 0.1) is 5.92 Å². The molecule has 2 heterocycles. The number of aromatic amines is 1. The van der Waals surface area contributed by atoms with Crippen molar-refractivity contribution in [3.63, 3.8) is 0 Å². The number of nitrogens with one attached hydrogen (secondary N) is 1. The van der Waals surface area contributed by atoms with Crippen molar-refractivity contribution >= 4 is 5.91 Å². The van der Waals surface area contributed by atoms with E-state index in [4.69, 9.17) is 0 Å². The fraction of sp³-hybridized carbons (Fsp3) is 0.500. The average Bonchev–Trinajstić information content (AvgIpc) is 3.04. The number of rotatable bonds is 5. The van der Waals surface area contributed by atoms with Gasteiger partial charge < -0.3 is 4.90 Å². The van der Waals surface area contributed by atoms with Gasteiger partial charge in [-0.2, -0.15) is 5.10 Å². The Labute approximate surface area is 137 Å². The van der Waals surface area contributed by atoms with Gasteiger partial charge in [-0.15, -0.1) is 0 Å². The molecule has 0 unspecified atom stereocenters. The lowest BCUT2D eigenvalue weighted by atomic mass is 9.93. The van der Waals surface area contributed by atoms with Crippen LogP contribution in [0.4, 0.5) is 0 Å². The third-order valence-electron chi connectivity index (χ3n) is 4.54. The van der Waals surface area contributed by atoms with Crippen molar-refractivity contribution in [2.75, 3.05) is 13.1 Å². The van der Waals surface area contributed by atoms with E-state index in [1.54, 1.807) is 0 Å². The van der Waals surface area contributed by atoms with Crippen LogP contribution in [0.15, 0.2) is 30.3 Å². The Bertz CT molecular complexity index is 629. The summed E-state index contributed by atoms with van der Waals surface area (Å²) in [6, 6.07) is 9.97. The summed E-state index contributed by atoms with van der Waals surface area (Å²) in [6.45, 7) is 3.76. The number of likely N-dealkylation sites (tertiary alicyclic amines) is 1. The first-order valence-electron chi connectivity index (χ1n) is 8.46. The Kier molecular flexibility index (Phi) is 5.05. The number of hydrogen-bond acceptors (Lipinski definition) is 3. The summed E-state index contributed by atoms with van der Waals surface area (Å²) in [4.78, 5) is 18.9. The molecule has 1 aliphatic heterocycles. The summed E-state index contributed by atoms with van der Waals surface area (Å²) in [5, 5.41) is 7.22. The van der Waals surface area contributed by atoms with Gasteiger partial charge in [0.15, 0.2) is 0 Å². The predicted molar refractivity (Wildman–Crippen MR) is 88.9 cm³/mol. The maximum Gasteiger partial charge on any atom is 0.226 e. The first-order chi connectivity index (χ1) is 11.2. The molecule has 3 rings (SSSR count). The quantitative estimate of drug-likeness (QED) is 0.922. The van der Waals surface area contributed by atoms with Crippen LogP contribution >= 0.6 is 0 Å². The third-order valence-corrected chi connectivity index (χ3v) is 4.54. The summed E-state index contributed by atoms with van der Waals surface area (Å²) in [5.41, 5.74) is 1.09. The predicted octanol–water partition coefficient (Wildman–Crippen LogP) is 2.39. The molecule has 0 aliphatic carbocycles. The molecule has 1 amide bonds. The number of aromatic nitrogens is 3. The van der Waals surface area contributed by atoms with Crippen molar-refractivity contribution in [3.8, 4) is 0 Å². The van der Waals surface area contributed by atoms with E-state index in [0.717, 1.165) is 56.0 Å². The van der Waals surface area contributed by atoms with Gasteiger partial charge >= 0.3 is 0 Å². The Hall–Kier alpha value is -2.17. The maximum atomic E-state index is 12.4. The third kappa shape index (κ3) is 4.18. The molecule has 1 N–H and O–H groups in total. The topological polar surface area (TPSA) is 61.9 Å². The average molecular weight is 312 g/mol. The highest BCUT2D eigenvalue weighted by molar-refractivity contribution is 5.78. The second kappa shape index (κ2) is 7.40. The molecular weight excluding hydrogens is 288 g/mol. The summed E-state index contributed by atoms with van der Waals surface area (Å²) < 4.78 is 0. The van der Waals surface area contributed by atoms with Crippen LogP contribution in [0.25, 0.3) is 0 Å². The van der Waals surface area contributed by atoms with Gasteiger partial charge in [0, 0.05) is 25.9 Å². The fourth-order valence-electron chi connectivity index (χ4n) is 3.13. The van der Waals surface area contributed by atoms with Crippen LogP contribution in [0.3, 0.4) is 0 Å². The molecule has 1 saturated heterocycles. The number of amides is 1. The minimum absolute atomic E-state index is 0.239. The SMILES string of the molecule is CCc1n[nH]c(CC2CCN(C(=O)Cc3ccccc3)CC2)n1. The van der Waals surface area contributed by atoms with Crippen molar-refractivity contribution in [1.29, 1.82) is 0 Å². The van der Waals surface area contributed by atoms with E-state index in [9.17, 15) is 4.79 Å². The van der Waals surface area contributed by atoms with E-state index < -0.39 is 0 Å². The number of piperidine rings is 1. The normalized spacial score (nSPS) is 15.8. The minimum atomic E-state index is 0.239. The number of nitrogens with zero attached hydrogens (tertiary/aromatic N) is 3. The molecule has 1 fully saturated rings. The van der Waals surface area contributed by atoms with Crippen molar-refractivity contribution in [1.82, 2.24) is 20.1 Å². The molecule has 0 radical (unpaired) electrons. The van der Waals surface area contributed by atoms with Gasteiger partial charge in [-0.05, 0) is 24.3 Å². The number of carbonyl (C=O) groups excluding carboxylic acids is 1. The molecule has 23 heavy (non-hydrogen) atoms. The lowest BCUT2D eigenvalue weighted by molar-refractivity contribution is -0.131. The summed E-state index contributed by atoms with van der Waals surface area (Å²) in [7, 11) is 0. The maximum absolute atomic E-state index is 12.4. The highest BCUT2D eigenvalue weighted by Gasteiger charge is 2.23. The van der Waals surface area contributed by atoms with Gasteiger partial charge in [-0.3, -0.25) is 9.89 Å². The Balaban J connectivity index is 1.47. The van der Waals surface area contributed by atoms with E-state index in [0.29, 0.717) is 12.3 Å². The Morgan fingerprint density at radius 2 is 2.00 bits per heavy atom. The standard InChI is InChI=1S/C18H24N4O/c1-2-16-19-17(21-20-16)12-15-8-10-22(11-9-15)18(23)13-14-6-4-3-5-7-14/h3-7,15H,2,8-13H2,1H3,(H,19,20,21). The zero-order chi connectivity index (χ0) is 16.1. The highest BCUT2D eigenvalue weighted by atomic mass is 16.2. The van der Waals surface area contributed by atoms with Gasteiger partial charge in [0.2, 0.25) is 5.91 Å². The molecule has 1 aromatic heterocycles. The van der Waals surface area contributed by atoms with Gasteiger partial charge in [0.25, 0.3) is 0 Å². The van der Waals surface area contributed by atoms with Crippen LogP contribution in [0.2, 0.25) is 0 Å². The summed E-state index contributed by atoms with van der Waals surface area (Å²) in [6.07, 6.45) is 4.40. The van der Waals surface area contributed by atoms with Gasteiger partial charge in [0.05, 0.1) is 6.42 Å². The molecule has 1 aromatic carbocycles. The zero-order valence-electron chi connectivity index (χ0n) is 13.7. The number of benzene rings is 1. The van der Waals surface area contributed by atoms with Crippen molar-refractivity contribution < 1.29 is 4.79 Å². The molecule has 2 aromatic rings. The summed E-state index contributed by atoms with van der Waals surface area (Å²) in [5.74, 6) is 2.70. The highest BCUT2D eigenvalue weighted by Crippen LogP contribution is 2.21. The van der Waals surface area contributed by atoms with E-state index in [1.165, 1.54) is 0 Å². The van der Waals surface area contributed by atoms with E-state index in [2.05, 4.69) is 22.1 Å². The van der Waals surface area contributed by atoms with Gasteiger partial charge in [-0.1, -0.05) is 37.3 Å². The Morgan fingerprint density at radius 1 is 1.26 bits per heavy atom. The molecule has 0 bridgehead atoms. The smallest absolute Gasteiger partial charge is 0.226 e. The molecule has 0 spiro atoms. The van der Waals surface area contributed by atoms with Crippen LogP contribution in [-0.2, 0) is 24.1 Å². The lowest BCUT2D eigenvalue weighted by Crippen LogP contribution is -2.39. The molecule has 122 valence electrons. The first-order valence-corrected chi connectivity index (χ1v) is 8.46. The van der Waals surface area contributed by atoms with Crippen LogP contribution in [0.5, 0.6) is 0 Å². The molecular formula is C18H24N4O. The van der Waals surface area contributed by atoms with Gasteiger partial charge in [-0.25, -0.2) is 4.98 Å². The Morgan fingerprint density at radius 3 is 2.65 bits per heavy atom. The van der Waals surface area contributed by atoms with E-state index in [-0.39, 0.29) is 5.91 Å². The molecule has 1 aliphatic rings. The number of carbonyl (C=O) groups is 1.